The lowest BCUT2D eigenvalue weighted by Gasteiger charge is -2.16. The van der Waals surface area contributed by atoms with Gasteiger partial charge in [0, 0.05) is 25.0 Å². The Hall–Kier alpha value is -4.84. The summed E-state index contributed by atoms with van der Waals surface area (Å²) in [5.41, 5.74) is 0.804. The number of phenolic OH excluding ortho intramolecular Hbond substituents is 1. The minimum atomic E-state index is -1.17. The van der Waals surface area contributed by atoms with Crippen LogP contribution >= 0.6 is 0 Å². The minimum Gasteiger partial charge on any atom is -0.506 e. The topological polar surface area (TPSA) is 173 Å². The highest BCUT2D eigenvalue weighted by Crippen LogP contribution is 2.36. The fourth-order valence-electron chi connectivity index (χ4n) is 7.02. The Kier molecular flexibility index (Phi) is 24.2. The normalized spacial score (nSPS) is 11.6. The molecule has 326 valence electrons. The number of phenols is 1. The Balaban J connectivity index is 1.33. The monoisotopic (exact) mass is 820 g/mol. The van der Waals surface area contributed by atoms with E-state index in [9.17, 15) is 29.4 Å². The van der Waals surface area contributed by atoms with E-state index in [-0.39, 0.29) is 49.7 Å². The lowest BCUT2D eigenvalue weighted by Crippen LogP contribution is -2.40. The van der Waals surface area contributed by atoms with Gasteiger partial charge in [-0.05, 0) is 35.6 Å². The van der Waals surface area contributed by atoms with E-state index >= 15 is 0 Å². The van der Waals surface area contributed by atoms with Gasteiger partial charge >= 0.3 is 5.97 Å². The standard InChI is InChI=1S/C47H69N3O9/c1-3-4-5-6-7-8-9-10-11-12-13-14-15-16-17-18-19-24-40(47(55)56)45(53)49-29-30-50-46(54)43-41(33-37-22-20-21-23-39(37)44(43)52)59-35-42(51)48-31-32-58-34-36-25-27-38(57-2)28-26-36/h20-23,25-28,33,40,52H,3-19,24,29-32,34-35H2,1-2H3,(H,48,51)(H,49,53)(H,50,54)(H,55,56). The number of amides is 3. The van der Waals surface area contributed by atoms with Crippen LogP contribution in [-0.2, 0) is 25.7 Å². The molecule has 5 N–H and O–H groups in total. The number of ether oxygens (including phenoxy) is 3. The van der Waals surface area contributed by atoms with Crippen molar-refractivity contribution in [3.05, 3.63) is 65.7 Å². The molecule has 3 aromatic rings. The zero-order valence-electron chi connectivity index (χ0n) is 35.5. The second kappa shape index (κ2) is 29.4. The number of benzene rings is 3. The van der Waals surface area contributed by atoms with Crippen LogP contribution in [0.25, 0.3) is 10.8 Å². The highest BCUT2D eigenvalue weighted by Gasteiger charge is 2.26. The first-order chi connectivity index (χ1) is 28.7. The molecular weight excluding hydrogens is 751 g/mol. The van der Waals surface area contributed by atoms with Crippen molar-refractivity contribution in [3.8, 4) is 17.2 Å². The second-order valence-electron chi connectivity index (χ2n) is 15.2. The van der Waals surface area contributed by atoms with Gasteiger partial charge in [0.2, 0.25) is 5.91 Å². The van der Waals surface area contributed by atoms with Crippen molar-refractivity contribution in [2.75, 3.05) is 40.0 Å². The van der Waals surface area contributed by atoms with Crippen LogP contribution in [0.15, 0.2) is 54.6 Å². The molecule has 3 rings (SSSR count). The maximum Gasteiger partial charge on any atom is 0.316 e. The maximum absolute atomic E-state index is 13.4. The number of carboxylic acid groups (broad SMARTS) is 1. The van der Waals surface area contributed by atoms with Crippen molar-refractivity contribution < 1.29 is 43.6 Å². The number of unbranched alkanes of at least 4 members (excludes halogenated alkanes) is 16. The zero-order chi connectivity index (χ0) is 42.5. The largest absolute Gasteiger partial charge is 0.506 e. The third-order valence-electron chi connectivity index (χ3n) is 10.5. The number of methoxy groups -OCH3 is 1. The fraction of sp³-hybridized carbons (Fsp3) is 0.574. The summed E-state index contributed by atoms with van der Waals surface area (Å²) in [5, 5.41) is 29.9. The number of aliphatic carboxylic acids is 1. The molecule has 3 amide bonds. The third-order valence-corrected chi connectivity index (χ3v) is 10.5. The maximum atomic E-state index is 13.4. The first kappa shape index (κ1) is 48.5. The summed E-state index contributed by atoms with van der Waals surface area (Å²) in [6.07, 6.45) is 21.2. The molecule has 3 aromatic carbocycles. The molecule has 0 aliphatic heterocycles. The number of fused-ring (bicyclic) bond motifs is 1. The van der Waals surface area contributed by atoms with Crippen LogP contribution in [0.5, 0.6) is 17.2 Å². The minimum absolute atomic E-state index is 0.00802. The van der Waals surface area contributed by atoms with Gasteiger partial charge in [-0.3, -0.25) is 19.2 Å². The Morgan fingerprint density at radius 3 is 1.86 bits per heavy atom. The average molecular weight is 820 g/mol. The smallest absolute Gasteiger partial charge is 0.316 e. The highest BCUT2D eigenvalue weighted by molar-refractivity contribution is 6.06. The highest BCUT2D eigenvalue weighted by atomic mass is 16.5. The van der Waals surface area contributed by atoms with Crippen molar-refractivity contribution in [2.45, 2.75) is 129 Å². The molecule has 0 radical (unpaired) electrons. The predicted octanol–water partition coefficient (Wildman–Crippen LogP) is 8.85. The molecule has 0 aliphatic carbocycles. The summed E-state index contributed by atoms with van der Waals surface area (Å²) in [4.78, 5) is 50.6. The van der Waals surface area contributed by atoms with Crippen LogP contribution in [-0.4, -0.2) is 73.9 Å². The van der Waals surface area contributed by atoms with Crippen molar-refractivity contribution in [2.24, 2.45) is 5.92 Å². The van der Waals surface area contributed by atoms with Crippen molar-refractivity contribution >= 4 is 34.5 Å². The summed E-state index contributed by atoms with van der Waals surface area (Å²) < 4.78 is 16.5. The van der Waals surface area contributed by atoms with Crippen LogP contribution in [0, 0.1) is 5.92 Å². The van der Waals surface area contributed by atoms with E-state index in [0.29, 0.717) is 23.8 Å². The van der Waals surface area contributed by atoms with Gasteiger partial charge in [-0.2, -0.15) is 0 Å². The van der Waals surface area contributed by atoms with Gasteiger partial charge in [-0.25, -0.2) is 0 Å². The zero-order valence-corrected chi connectivity index (χ0v) is 35.5. The van der Waals surface area contributed by atoms with E-state index in [0.717, 1.165) is 30.6 Å². The van der Waals surface area contributed by atoms with Crippen LogP contribution < -0.4 is 25.4 Å². The average Bonchev–Trinajstić information content (AvgIpc) is 3.23. The van der Waals surface area contributed by atoms with Crippen molar-refractivity contribution in [1.29, 1.82) is 0 Å². The number of aromatic hydroxyl groups is 1. The quantitative estimate of drug-likeness (QED) is 0.0297. The van der Waals surface area contributed by atoms with Gasteiger partial charge in [0.05, 0.1) is 20.3 Å². The van der Waals surface area contributed by atoms with Gasteiger partial charge in [0.15, 0.2) is 6.61 Å². The van der Waals surface area contributed by atoms with Gasteiger partial charge in [-0.15, -0.1) is 0 Å². The number of carbonyl (C=O) groups is 4. The first-order valence-electron chi connectivity index (χ1n) is 21.9. The number of nitrogens with one attached hydrogen (secondary N) is 3. The predicted molar refractivity (Wildman–Crippen MR) is 232 cm³/mol. The van der Waals surface area contributed by atoms with Gasteiger partial charge in [0.25, 0.3) is 11.8 Å². The second-order valence-corrected chi connectivity index (χ2v) is 15.2. The van der Waals surface area contributed by atoms with E-state index in [1.54, 1.807) is 37.4 Å². The lowest BCUT2D eigenvalue weighted by molar-refractivity contribution is -0.147. The van der Waals surface area contributed by atoms with E-state index < -0.39 is 36.2 Å². The molecule has 0 saturated heterocycles. The summed E-state index contributed by atoms with van der Waals surface area (Å²) in [6.45, 7) is 2.68. The van der Waals surface area contributed by atoms with Gasteiger partial charge in [-0.1, -0.05) is 152 Å². The first-order valence-corrected chi connectivity index (χ1v) is 21.9. The van der Waals surface area contributed by atoms with E-state index in [1.807, 2.05) is 24.3 Å². The molecule has 1 atom stereocenters. The summed E-state index contributed by atoms with van der Waals surface area (Å²) >= 11 is 0. The van der Waals surface area contributed by atoms with E-state index in [4.69, 9.17) is 14.2 Å². The molecule has 0 aromatic heterocycles. The Morgan fingerprint density at radius 1 is 0.695 bits per heavy atom. The molecule has 0 bridgehead atoms. The molecule has 12 heteroatoms. The number of hydrogen-bond acceptors (Lipinski definition) is 8. The molecule has 0 saturated carbocycles. The van der Waals surface area contributed by atoms with Crippen molar-refractivity contribution in [1.82, 2.24) is 16.0 Å². The third kappa shape index (κ3) is 19.2. The number of rotatable bonds is 33. The Morgan fingerprint density at radius 2 is 1.27 bits per heavy atom. The summed E-state index contributed by atoms with van der Waals surface area (Å²) in [6, 6.07) is 16.0. The lowest BCUT2D eigenvalue weighted by atomic mass is 9.99. The molecule has 1 unspecified atom stereocenters. The van der Waals surface area contributed by atoms with E-state index in [2.05, 4.69) is 22.9 Å². The van der Waals surface area contributed by atoms with Gasteiger partial charge < -0.3 is 40.4 Å². The van der Waals surface area contributed by atoms with E-state index in [1.165, 1.54) is 83.5 Å². The number of carbonyl (C=O) groups excluding carboxylic acids is 3. The molecule has 0 fully saturated rings. The van der Waals surface area contributed by atoms with Crippen LogP contribution in [0.1, 0.15) is 138 Å². The molecule has 0 aliphatic rings. The summed E-state index contributed by atoms with van der Waals surface area (Å²) in [7, 11) is 1.60. The van der Waals surface area contributed by atoms with Crippen LogP contribution in [0.2, 0.25) is 0 Å². The Labute approximate surface area is 351 Å². The van der Waals surface area contributed by atoms with Crippen LogP contribution in [0.4, 0.5) is 0 Å². The SMILES string of the molecule is CCCCCCCCCCCCCCCCCCCC(C(=O)O)C(=O)NCCNC(=O)c1c(OCC(=O)NCCOCc2ccc(OC)cc2)cc2ccccc2c1O. The van der Waals surface area contributed by atoms with Gasteiger partial charge in [0.1, 0.15) is 28.7 Å². The molecule has 0 spiro atoms. The van der Waals surface area contributed by atoms with Crippen molar-refractivity contribution in [3.63, 3.8) is 0 Å². The number of hydrogen-bond donors (Lipinski definition) is 5. The molecule has 0 heterocycles. The Bertz CT molecular complexity index is 1680. The number of carboxylic acids is 1. The molecular formula is C47H69N3O9. The molecule has 12 nitrogen and oxygen atoms in total. The van der Waals surface area contributed by atoms with Crippen LogP contribution in [0.3, 0.4) is 0 Å². The molecule has 59 heavy (non-hydrogen) atoms. The fourth-order valence-corrected chi connectivity index (χ4v) is 7.02. The summed E-state index contributed by atoms with van der Waals surface area (Å²) in [5.74, 6) is -3.61.